The van der Waals surface area contributed by atoms with Crippen LogP contribution in [0.1, 0.15) is 57.6 Å². The molecule has 0 saturated carbocycles. The Morgan fingerprint density at radius 2 is 1.70 bits per heavy atom. The number of sulfone groups is 1. The smallest absolute Gasteiger partial charge is 0.175 e. The first-order valence-electron chi connectivity index (χ1n) is 7.52. The second-order valence-corrected chi connectivity index (χ2v) is 7.36. The average molecular weight is 297 g/mol. The van der Waals surface area contributed by atoms with E-state index in [0.29, 0.717) is 10.9 Å². The molecule has 0 saturated heterocycles. The first-order chi connectivity index (χ1) is 9.49. The lowest BCUT2D eigenvalue weighted by Crippen LogP contribution is -2.22. The summed E-state index contributed by atoms with van der Waals surface area (Å²) in [5.74, 6) is 0. The van der Waals surface area contributed by atoms with Crippen LogP contribution in [0.4, 0.5) is 0 Å². The number of nitrogens with one attached hydrogen (secondary N) is 1. The Kier molecular flexibility index (Phi) is 7.24. The van der Waals surface area contributed by atoms with Crippen molar-refractivity contribution in [3.63, 3.8) is 0 Å². The summed E-state index contributed by atoms with van der Waals surface area (Å²) in [4.78, 5) is 0.393. The Morgan fingerprint density at radius 1 is 1.05 bits per heavy atom. The van der Waals surface area contributed by atoms with Crippen LogP contribution < -0.4 is 5.32 Å². The zero-order valence-electron chi connectivity index (χ0n) is 12.9. The minimum atomic E-state index is -3.10. The van der Waals surface area contributed by atoms with Crippen molar-refractivity contribution in [2.24, 2.45) is 0 Å². The first kappa shape index (κ1) is 17.2. The van der Waals surface area contributed by atoms with Gasteiger partial charge < -0.3 is 5.32 Å². The monoisotopic (exact) mass is 297 g/mol. The standard InChI is InChI=1S/C16H27NO2S/c1-4-6-7-8-16(17-13-5-2)14-9-11-15(12-10-14)20(3,18)19/h9-12,16-17H,4-8,13H2,1-3H3. The van der Waals surface area contributed by atoms with E-state index in [0.717, 1.165) is 19.4 Å². The molecular weight excluding hydrogens is 270 g/mol. The van der Waals surface area contributed by atoms with Crippen molar-refractivity contribution in [2.75, 3.05) is 12.8 Å². The van der Waals surface area contributed by atoms with Gasteiger partial charge in [-0.05, 0) is 37.1 Å². The van der Waals surface area contributed by atoms with Crippen molar-refractivity contribution in [3.05, 3.63) is 29.8 Å². The summed E-state index contributed by atoms with van der Waals surface area (Å²) in [5, 5.41) is 3.55. The number of hydrogen-bond acceptors (Lipinski definition) is 3. The molecule has 0 radical (unpaired) electrons. The van der Waals surface area contributed by atoms with E-state index in [2.05, 4.69) is 19.2 Å². The van der Waals surface area contributed by atoms with E-state index in [-0.39, 0.29) is 0 Å². The lowest BCUT2D eigenvalue weighted by Gasteiger charge is -2.19. The Morgan fingerprint density at radius 3 is 2.20 bits per heavy atom. The number of benzene rings is 1. The van der Waals surface area contributed by atoms with Gasteiger partial charge in [-0.2, -0.15) is 0 Å². The van der Waals surface area contributed by atoms with E-state index < -0.39 is 9.84 Å². The highest BCUT2D eigenvalue weighted by Crippen LogP contribution is 2.21. The summed E-state index contributed by atoms with van der Waals surface area (Å²) in [5.41, 5.74) is 1.18. The van der Waals surface area contributed by atoms with Crippen LogP contribution in [0.25, 0.3) is 0 Å². The maximum absolute atomic E-state index is 11.5. The molecule has 0 aliphatic heterocycles. The van der Waals surface area contributed by atoms with Crippen LogP contribution in [0, 0.1) is 0 Å². The summed E-state index contributed by atoms with van der Waals surface area (Å²) >= 11 is 0. The van der Waals surface area contributed by atoms with Crippen LogP contribution in [0.5, 0.6) is 0 Å². The normalized spacial score (nSPS) is 13.3. The van der Waals surface area contributed by atoms with Gasteiger partial charge in [0.15, 0.2) is 9.84 Å². The van der Waals surface area contributed by atoms with Crippen molar-refractivity contribution < 1.29 is 8.42 Å². The Balaban J connectivity index is 2.78. The maximum atomic E-state index is 11.5. The van der Waals surface area contributed by atoms with Crippen molar-refractivity contribution in [2.45, 2.75) is 56.9 Å². The zero-order chi connectivity index (χ0) is 15.0. The largest absolute Gasteiger partial charge is 0.310 e. The average Bonchev–Trinajstić information content (AvgIpc) is 2.42. The molecule has 0 bridgehead atoms. The van der Waals surface area contributed by atoms with Gasteiger partial charge in [-0.1, -0.05) is 45.2 Å². The highest BCUT2D eigenvalue weighted by atomic mass is 32.2. The minimum absolute atomic E-state index is 0.329. The fourth-order valence-electron chi connectivity index (χ4n) is 2.25. The molecule has 0 aliphatic rings. The van der Waals surface area contributed by atoms with Crippen LogP contribution in [-0.2, 0) is 9.84 Å². The SMILES string of the molecule is CCCCCC(NCCC)c1ccc(S(C)(=O)=O)cc1. The molecule has 0 fully saturated rings. The van der Waals surface area contributed by atoms with Gasteiger partial charge >= 0.3 is 0 Å². The van der Waals surface area contributed by atoms with E-state index in [1.54, 1.807) is 12.1 Å². The van der Waals surface area contributed by atoms with Gasteiger partial charge in [0.05, 0.1) is 4.90 Å². The molecule has 0 spiro atoms. The van der Waals surface area contributed by atoms with Crippen molar-refractivity contribution in [3.8, 4) is 0 Å². The third-order valence-electron chi connectivity index (χ3n) is 3.45. The molecule has 0 amide bonds. The zero-order valence-corrected chi connectivity index (χ0v) is 13.7. The van der Waals surface area contributed by atoms with Crippen LogP contribution >= 0.6 is 0 Å². The van der Waals surface area contributed by atoms with Gasteiger partial charge in [0.25, 0.3) is 0 Å². The lowest BCUT2D eigenvalue weighted by molar-refractivity contribution is 0.474. The number of rotatable bonds is 9. The number of hydrogen-bond donors (Lipinski definition) is 1. The second kappa shape index (κ2) is 8.42. The molecule has 4 heteroatoms. The highest BCUT2D eigenvalue weighted by Gasteiger charge is 2.12. The fraction of sp³-hybridized carbons (Fsp3) is 0.625. The van der Waals surface area contributed by atoms with Crippen LogP contribution in [0.15, 0.2) is 29.2 Å². The molecule has 20 heavy (non-hydrogen) atoms. The molecule has 0 aliphatic carbocycles. The Bertz CT molecular complexity index is 480. The predicted octanol–water partition coefficient (Wildman–Crippen LogP) is 3.71. The van der Waals surface area contributed by atoms with Gasteiger partial charge in [-0.15, -0.1) is 0 Å². The van der Waals surface area contributed by atoms with Gasteiger partial charge in [0, 0.05) is 12.3 Å². The summed E-state index contributed by atoms with van der Waals surface area (Å²) in [6, 6.07) is 7.64. The highest BCUT2D eigenvalue weighted by molar-refractivity contribution is 7.90. The second-order valence-electron chi connectivity index (χ2n) is 5.34. The third kappa shape index (κ3) is 5.63. The van der Waals surface area contributed by atoms with Gasteiger partial charge in [-0.25, -0.2) is 8.42 Å². The van der Waals surface area contributed by atoms with Crippen molar-refractivity contribution in [1.82, 2.24) is 5.32 Å². The molecule has 114 valence electrons. The molecule has 1 rings (SSSR count). The summed E-state index contributed by atoms with van der Waals surface area (Å²) in [6.07, 6.45) is 7.11. The van der Waals surface area contributed by atoms with E-state index in [9.17, 15) is 8.42 Å². The Labute approximate surface area is 123 Å². The van der Waals surface area contributed by atoms with Crippen LogP contribution in [-0.4, -0.2) is 21.2 Å². The van der Waals surface area contributed by atoms with Gasteiger partial charge in [-0.3, -0.25) is 0 Å². The summed E-state index contributed by atoms with van der Waals surface area (Å²) in [6.45, 7) is 5.35. The van der Waals surface area contributed by atoms with E-state index in [1.165, 1.54) is 31.1 Å². The van der Waals surface area contributed by atoms with E-state index in [1.807, 2.05) is 12.1 Å². The maximum Gasteiger partial charge on any atom is 0.175 e. The molecule has 1 aromatic rings. The molecular formula is C16H27NO2S. The summed E-state index contributed by atoms with van der Waals surface area (Å²) in [7, 11) is -3.10. The predicted molar refractivity (Wildman–Crippen MR) is 84.7 cm³/mol. The molecule has 1 atom stereocenters. The third-order valence-corrected chi connectivity index (χ3v) is 4.58. The quantitative estimate of drug-likeness (QED) is 0.707. The molecule has 0 aromatic heterocycles. The minimum Gasteiger partial charge on any atom is -0.310 e. The van der Waals surface area contributed by atoms with Crippen LogP contribution in [0.3, 0.4) is 0 Å². The first-order valence-corrected chi connectivity index (χ1v) is 9.41. The molecule has 1 unspecified atom stereocenters. The summed E-state index contributed by atoms with van der Waals surface area (Å²) < 4.78 is 23.0. The molecule has 0 heterocycles. The van der Waals surface area contributed by atoms with Crippen LogP contribution in [0.2, 0.25) is 0 Å². The lowest BCUT2D eigenvalue weighted by atomic mass is 10.0. The van der Waals surface area contributed by atoms with Crippen molar-refractivity contribution in [1.29, 1.82) is 0 Å². The number of unbranched alkanes of at least 4 members (excludes halogenated alkanes) is 2. The van der Waals surface area contributed by atoms with Crippen molar-refractivity contribution >= 4 is 9.84 Å². The molecule has 1 aromatic carbocycles. The van der Waals surface area contributed by atoms with E-state index >= 15 is 0 Å². The fourth-order valence-corrected chi connectivity index (χ4v) is 2.88. The topological polar surface area (TPSA) is 46.2 Å². The van der Waals surface area contributed by atoms with Gasteiger partial charge in [0.1, 0.15) is 0 Å². The molecule has 1 N–H and O–H groups in total. The Hall–Kier alpha value is -0.870. The van der Waals surface area contributed by atoms with E-state index in [4.69, 9.17) is 0 Å². The van der Waals surface area contributed by atoms with Gasteiger partial charge in [0.2, 0.25) is 0 Å². The molecule has 3 nitrogen and oxygen atoms in total.